The largest absolute Gasteiger partial charge is 0.298 e. The van der Waals surface area contributed by atoms with E-state index in [9.17, 15) is 4.79 Å². The summed E-state index contributed by atoms with van der Waals surface area (Å²) in [5.41, 5.74) is 3.87. The molecule has 0 saturated heterocycles. The molecule has 2 aromatic rings. The quantitative estimate of drug-likeness (QED) is 0.557. The summed E-state index contributed by atoms with van der Waals surface area (Å²) >= 11 is 0. The lowest BCUT2D eigenvalue weighted by atomic mass is 9.83. The summed E-state index contributed by atoms with van der Waals surface area (Å²) < 4.78 is 0. The molecule has 3 aliphatic rings. The molecule has 1 saturated carbocycles. The highest BCUT2D eigenvalue weighted by molar-refractivity contribution is 5.92. The zero-order valence-electron chi connectivity index (χ0n) is 11.3. The summed E-state index contributed by atoms with van der Waals surface area (Å²) in [6, 6.07) is 10.7. The molecule has 4 unspecified atom stereocenters. The SMILES string of the molecule is O=Cc1ccc2ccc3c(c2c1)CC1C2C=CC(C2)C31. The molecule has 2 aromatic carbocycles. The normalized spacial score (nSPS) is 32.6. The van der Waals surface area contributed by atoms with Crippen LogP contribution in [0.15, 0.2) is 42.5 Å². The lowest BCUT2D eigenvalue weighted by Crippen LogP contribution is -2.12. The highest BCUT2D eigenvalue weighted by Crippen LogP contribution is 2.59. The van der Waals surface area contributed by atoms with Crippen LogP contribution in [-0.2, 0) is 6.42 Å². The standard InChI is InChI=1S/C19H16O/c20-10-11-1-2-12-5-6-15-18(16(12)7-11)9-17-13-3-4-14(8-13)19(15)17/h1-7,10,13-14,17,19H,8-9H2. The number of aldehydes is 1. The minimum absolute atomic E-state index is 0.740. The van der Waals surface area contributed by atoms with Gasteiger partial charge >= 0.3 is 0 Å². The Morgan fingerprint density at radius 3 is 2.80 bits per heavy atom. The second kappa shape index (κ2) is 3.60. The molecular formula is C19H16O. The third-order valence-electron chi connectivity index (χ3n) is 5.75. The Labute approximate surface area is 118 Å². The molecular weight excluding hydrogens is 244 g/mol. The van der Waals surface area contributed by atoms with E-state index in [1.807, 2.05) is 6.07 Å². The summed E-state index contributed by atoms with van der Waals surface area (Å²) in [6.45, 7) is 0. The Morgan fingerprint density at radius 2 is 1.90 bits per heavy atom. The first-order valence-electron chi connectivity index (χ1n) is 7.54. The molecule has 0 heterocycles. The number of hydrogen-bond donors (Lipinski definition) is 0. The fourth-order valence-corrected chi connectivity index (χ4v) is 4.93. The van der Waals surface area contributed by atoms with Crippen molar-refractivity contribution in [3.63, 3.8) is 0 Å². The highest BCUT2D eigenvalue weighted by Gasteiger charge is 2.49. The predicted molar refractivity (Wildman–Crippen MR) is 80.0 cm³/mol. The highest BCUT2D eigenvalue weighted by atomic mass is 16.1. The fourth-order valence-electron chi connectivity index (χ4n) is 4.93. The van der Waals surface area contributed by atoms with Crippen LogP contribution >= 0.6 is 0 Å². The van der Waals surface area contributed by atoms with Crippen molar-refractivity contribution in [2.45, 2.75) is 18.8 Å². The molecule has 0 spiro atoms. The van der Waals surface area contributed by atoms with Crippen LogP contribution in [0, 0.1) is 17.8 Å². The molecule has 5 rings (SSSR count). The summed E-state index contributed by atoms with van der Waals surface area (Å²) in [4.78, 5) is 11.1. The zero-order valence-corrected chi connectivity index (χ0v) is 11.3. The average molecular weight is 260 g/mol. The van der Waals surface area contributed by atoms with Gasteiger partial charge in [-0.1, -0.05) is 36.4 Å². The molecule has 0 aliphatic heterocycles. The van der Waals surface area contributed by atoms with E-state index in [4.69, 9.17) is 0 Å². The van der Waals surface area contributed by atoms with Crippen molar-refractivity contribution in [3.8, 4) is 0 Å². The molecule has 1 nitrogen and oxygen atoms in total. The molecule has 0 radical (unpaired) electrons. The van der Waals surface area contributed by atoms with Crippen LogP contribution in [0.4, 0.5) is 0 Å². The Hall–Kier alpha value is -1.89. The topological polar surface area (TPSA) is 17.1 Å². The van der Waals surface area contributed by atoms with Gasteiger partial charge < -0.3 is 0 Å². The minimum Gasteiger partial charge on any atom is -0.298 e. The van der Waals surface area contributed by atoms with Gasteiger partial charge in [-0.05, 0) is 64.5 Å². The van der Waals surface area contributed by atoms with Crippen LogP contribution in [0.5, 0.6) is 0 Å². The lowest BCUT2D eigenvalue weighted by Gasteiger charge is -2.20. The molecule has 98 valence electrons. The summed E-state index contributed by atoms with van der Waals surface area (Å²) in [5, 5.41) is 2.58. The first-order chi connectivity index (χ1) is 9.85. The van der Waals surface area contributed by atoms with Gasteiger partial charge in [0.05, 0.1) is 0 Å². The molecule has 3 aliphatic carbocycles. The molecule has 20 heavy (non-hydrogen) atoms. The van der Waals surface area contributed by atoms with E-state index in [0.717, 1.165) is 35.5 Å². The summed E-state index contributed by atoms with van der Waals surface area (Å²) in [7, 11) is 0. The van der Waals surface area contributed by atoms with Crippen LogP contribution in [0.25, 0.3) is 10.8 Å². The molecule has 1 heteroatoms. The van der Waals surface area contributed by atoms with Crippen molar-refractivity contribution in [2.75, 3.05) is 0 Å². The maximum atomic E-state index is 11.1. The van der Waals surface area contributed by atoms with E-state index < -0.39 is 0 Å². The van der Waals surface area contributed by atoms with Gasteiger partial charge in [0.2, 0.25) is 0 Å². The lowest BCUT2D eigenvalue weighted by molar-refractivity contribution is 0.112. The zero-order chi connectivity index (χ0) is 13.3. The monoisotopic (exact) mass is 260 g/mol. The third-order valence-corrected chi connectivity index (χ3v) is 5.75. The minimum atomic E-state index is 0.740. The maximum Gasteiger partial charge on any atom is 0.150 e. The number of benzene rings is 2. The number of carbonyl (C=O) groups excluding carboxylic acids is 1. The average Bonchev–Trinajstić information content (AvgIpc) is 3.17. The van der Waals surface area contributed by atoms with Crippen LogP contribution in [0.3, 0.4) is 0 Å². The van der Waals surface area contributed by atoms with Gasteiger partial charge in [-0.2, -0.15) is 0 Å². The smallest absolute Gasteiger partial charge is 0.150 e. The van der Waals surface area contributed by atoms with E-state index in [1.165, 1.54) is 29.2 Å². The van der Waals surface area contributed by atoms with Crippen LogP contribution in [0.1, 0.15) is 33.8 Å². The molecule has 2 bridgehead atoms. The number of rotatable bonds is 1. The van der Waals surface area contributed by atoms with Crippen molar-refractivity contribution < 1.29 is 4.79 Å². The third kappa shape index (κ3) is 1.21. The van der Waals surface area contributed by atoms with Crippen LogP contribution in [-0.4, -0.2) is 6.29 Å². The molecule has 4 atom stereocenters. The van der Waals surface area contributed by atoms with Gasteiger partial charge in [0, 0.05) is 5.56 Å². The van der Waals surface area contributed by atoms with E-state index in [1.54, 1.807) is 5.56 Å². The van der Waals surface area contributed by atoms with Crippen molar-refractivity contribution >= 4 is 17.1 Å². The van der Waals surface area contributed by atoms with Gasteiger partial charge in [0.1, 0.15) is 6.29 Å². The van der Waals surface area contributed by atoms with E-state index in [0.29, 0.717) is 0 Å². The summed E-state index contributed by atoms with van der Waals surface area (Å²) in [6.07, 6.45) is 8.40. The Kier molecular flexibility index (Phi) is 1.95. The number of allylic oxidation sites excluding steroid dienone is 2. The number of hydrogen-bond acceptors (Lipinski definition) is 1. The summed E-state index contributed by atoms with van der Waals surface area (Å²) in [5.74, 6) is 3.11. The van der Waals surface area contributed by atoms with Gasteiger partial charge in [-0.15, -0.1) is 0 Å². The molecule has 1 fully saturated rings. The van der Waals surface area contributed by atoms with E-state index in [2.05, 4.69) is 36.4 Å². The predicted octanol–water partition coefficient (Wildman–Crippen LogP) is 4.11. The van der Waals surface area contributed by atoms with Crippen LogP contribution < -0.4 is 0 Å². The van der Waals surface area contributed by atoms with Crippen molar-refractivity contribution in [1.29, 1.82) is 0 Å². The Balaban J connectivity index is 1.75. The molecule has 0 amide bonds. The first kappa shape index (κ1) is 10.8. The maximum absolute atomic E-state index is 11.1. The van der Waals surface area contributed by atoms with E-state index in [-0.39, 0.29) is 0 Å². The second-order valence-corrected chi connectivity index (χ2v) is 6.57. The van der Waals surface area contributed by atoms with Crippen molar-refractivity contribution in [3.05, 3.63) is 59.2 Å². The van der Waals surface area contributed by atoms with Crippen molar-refractivity contribution in [1.82, 2.24) is 0 Å². The second-order valence-electron chi connectivity index (χ2n) is 6.57. The van der Waals surface area contributed by atoms with Gasteiger partial charge in [-0.25, -0.2) is 0 Å². The van der Waals surface area contributed by atoms with E-state index >= 15 is 0 Å². The van der Waals surface area contributed by atoms with Gasteiger partial charge in [-0.3, -0.25) is 4.79 Å². The first-order valence-corrected chi connectivity index (χ1v) is 7.54. The van der Waals surface area contributed by atoms with Gasteiger partial charge in [0.25, 0.3) is 0 Å². The van der Waals surface area contributed by atoms with Crippen molar-refractivity contribution in [2.24, 2.45) is 17.8 Å². The molecule has 0 aromatic heterocycles. The Bertz CT molecular complexity index is 771. The number of fused-ring (bicyclic) bond motifs is 9. The van der Waals surface area contributed by atoms with Crippen LogP contribution in [0.2, 0.25) is 0 Å². The number of carbonyl (C=O) groups is 1. The fraction of sp³-hybridized carbons (Fsp3) is 0.316. The molecule has 0 N–H and O–H groups in total. The Morgan fingerprint density at radius 1 is 1.05 bits per heavy atom. The van der Waals surface area contributed by atoms with Gasteiger partial charge in [0.15, 0.2) is 0 Å².